The van der Waals surface area contributed by atoms with Crippen LogP contribution in [0.4, 0.5) is 10.6 Å². The Morgan fingerprint density at radius 3 is 2.64 bits per heavy atom. The van der Waals surface area contributed by atoms with E-state index in [2.05, 4.69) is 31.6 Å². The van der Waals surface area contributed by atoms with E-state index in [0.717, 1.165) is 37.3 Å². The normalized spacial score (nSPS) is 14.6. The molecule has 0 bridgehead atoms. The summed E-state index contributed by atoms with van der Waals surface area (Å²) >= 11 is 0. The topological polar surface area (TPSA) is 93.9 Å². The third-order valence-electron chi connectivity index (χ3n) is 4.23. The lowest BCUT2D eigenvalue weighted by Crippen LogP contribution is -2.48. The molecule has 2 N–H and O–H groups in total. The molecule has 0 aromatic carbocycles. The first kappa shape index (κ1) is 16.7. The number of anilines is 1. The summed E-state index contributed by atoms with van der Waals surface area (Å²) in [6.07, 6.45) is 6.74. The van der Waals surface area contributed by atoms with Crippen LogP contribution in [-0.2, 0) is 6.54 Å². The number of pyridine rings is 2. The summed E-state index contributed by atoms with van der Waals surface area (Å²) in [5, 5.41) is 14.7. The highest BCUT2D eigenvalue weighted by molar-refractivity contribution is 5.74. The standard InChI is InChI=1S/C18H20N6O/c19-11-15-1-2-17(21-13-15)24-9-5-16(6-10-24)23-18(25)22-12-14-3-7-20-8-4-14/h1-4,7-8,13,16H,5-6,9-10,12H2,(H2,22,23,25). The lowest BCUT2D eigenvalue weighted by Gasteiger charge is -2.33. The van der Waals surface area contributed by atoms with Gasteiger partial charge in [0.05, 0.1) is 5.56 Å². The molecule has 3 heterocycles. The maximum absolute atomic E-state index is 12.0. The van der Waals surface area contributed by atoms with E-state index in [-0.39, 0.29) is 12.1 Å². The molecular formula is C18H20N6O. The average molecular weight is 336 g/mol. The van der Waals surface area contributed by atoms with E-state index in [0.29, 0.717) is 12.1 Å². The minimum absolute atomic E-state index is 0.147. The van der Waals surface area contributed by atoms with Gasteiger partial charge in [0, 0.05) is 44.3 Å². The minimum atomic E-state index is -0.147. The van der Waals surface area contributed by atoms with Crippen LogP contribution in [0.1, 0.15) is 24.0 Å². The van der Waals surface area contributed by atoms with E-state index < -0.39 is 0 Å². The third-order valence-corrected chi connectivity index (χ3v) is 4.23. The number of hydrogen-bond donors (Lipinski definition) is 2. The molecule has 1 saturated heterocycles. The van der Waals surface area contributed by atoms with Crippen molar-refractivity contribution in [1.29, 1.82) is 5.26 Å². The van der Waals surface area contributed by atoms with Crippen LogP contribution in [0.5, 0.6) is 0 Å². The van der Waals surface area contributed by atoms with Crippen molar-refractivity contribution in [3.05, 3.63) is 54.0 Å². The molecule has 2 aromatic heterocycles. The number of piperidine rings is 1. The highest BCUT2D eigenvalue weighted by atomic mass is 16.2. The van der Waals surface area contributed by atoms with Crippen LogP contribution < -0.4 is 15.5 Å². The van der Waals surface area contributed by atoms with Crippen molar-refractivity contribution in [1.82, 2.24) is 20.6 Å². The zero-order valence-electron chi connectivity index (χ0n) is 13.9. The monoisotopic (exact) mass is 336 g/mol. The summed E-state index contributed by atoms with van der Waals surface area (Å²) in [4.78, 5) is 22.5. The Balaban J connectivity index is 1.42. The summed E-state index contributed by atoms with van der Waals surface area (Å²) in [7, 11) is 0. The van der Waals surface area contributed by atoms with Gasteiger partial charge in [-0.2, -0.15) is 5.26 Å². The molecule has 0 aliphatic carbocycles. The number of carbonyl (C=O) groups is 1. The van der Waals surface area contributed by atoms with Crippen molar-refractivity contribution in [2.24, 2.45) is 0 Å². The number of aromatic nitrogens is 2. The smallest absolute Gasteiger partial charge is 0.315 e. The quantitative estimate of drug-likeness (QED) is 0.888. The molecular weight excluding hydrogens is 316 g/mol. The van der Waals surface area contributed by atoms with Crippen molar-refractivity contribution in [3.8, 4) is 6.07 Å². The van der Waals surface area contributed by atoms with Gasteiger partial charge in [-0.3, -0.25) is 4.98 Å². The highest BCUT2D eigenvalue weighted by Crippen LogP contribution is 2.18. The van der Waals surface area contributed by atoms with E-state index in [1.54, 1.807) is 24.7 Å². The van der Waals surface area contributed by atoms with Gasteiger partial charge < -0.3 is 15.5 Å². The Kier molecular flexibility index (Phi) is 5.42. The Morgan fingerprint density at radius 2 is 2.00 bits per heavy atom. The first-order chi connectivity index (χ1) is 12.2. The van der Waals surface area contributed by atoms with Crippen molar-refractivity contribution in [2.75, 3.05) is 18.0 Å². The molecule has 7 nitrogen and oxygen atoms in total. The molecule has 1 fully saturated rings. The molecule has 1 aliphatic heterocycles. The largest absolute Gasteiger partial charge is 0.356 e. The first-order valence-corrected chi connectivity index (χ1v) is 8.29. The number of amides is 2. The van der Waals surface area contributed by atoms with Gasteiger partial charge in [0.1, 0.15) is 11.9 Å². The second-order valence-electron chi connectivity index (χ2n) is 5.96. The molecule has 2 amide bonds. The molecule has 3 rings (SSSR count). The first-order valence-electron chi connectivity index (χ1n) is 8.29. The number of rotatable bonds is 4. The Bertz CT molecular complexity index is 732. The predicted octanol–water partition coefficient (Wildman–Crippen LogP) is 1.82. The molecule has 0 spiro atoms. The predicted molar refractivity (Wildman–Crippen MR) is 93.8 cm³/mol. The van der Waals surface area contributed by atoms with Crippen LogP contribution in [0.2, 0.25) is 0 Å². The summed E-state index contributed by atoms with van der Waals surface area (Å²) in [5.74, 6) is 0.875. The van der Waals surface area contributed by atoms with Crippen LogP contribution in [0.15, 0.2) is 42.9 Å². The fraction of sp³-hybridized carbons (Fsp3) is 0.333. The average Bonchev–Trinajstić information content (AvgIpc) is 2.68. The number of hydrogen-bond acceptors (Lipinski definition) is 5. The third kappa shape index (κ3) is 4.67. The van der Waals surface area contributed by atoms with Gasteiger partial charge in [-0.1, -0.05) is 0 Å². The Morgan fingerprint density at radius 1 is 1.24 bits per heavy atom. The maximum atomic E-state index is 12.0. The van der Waals surface area contributed by atoms with Gasteiger partial charge in [-0.05, 0) is 42.7 Å². The number of nitrogens with one attached hydrogen (secondary N) is 2. The Labute approximate surface area is 146 Å². The van der Waals surface area contributed by atoms with Crippen molar-refractivity contribution < 1.29 is 4.79 Å². The SMILES string of the molecule is N#Cc1ccc(N2CCC(NC(=O)NCc3ccncc3)CC2)nc1. The number of carbonyl (C=O) groups excluding carboxylic acids is 1. The van der Waals surface area contributed by atoms with Gasteiger partial charge in [-0.15, -0.1) is 0 Å². The summed E-state index contributed by atoms with van der Waals surface area (Å²) in [6.45, 7) is 2.14. The molecule has 0 unspecified atom stereocenters. The Hall–Kier alpha value is -3.14. The molecule has 128 valence electrons. The van der Waals surface area contributed by atoms with E-state index in [1.807, 2.05) is 18.2 Å². The maximum Gasteiger partial charge on any atom is 0.315 e. The molecule has 0 atom stereocenters. The van der Waals surface area contributed by atoms with Gasteiger partial charge in [0.25, 0.3) is 0 Å². The van der Waals surface area contributed by atoms with Gasteiger partial charge in [-0.25, -0.2) is 9.78 Å². The second-order valence-corrected chi connectivity index (χ2v) is 5.96. The molecule has 2 aromatic rings. The molecule has 25 heavy (non-hydrogen) atoms. The minimum Gasteiger partial charge on any atom is -0.356 e. The summed E-state index contributed by atoms with van der Waals surface area (Å²) < 4.78 is 0. The van der Waals surface area contributed by atoms with Crippen LogP contribution in [-0.4, -0.2) is 35.1 Å². The number of urea groups is 1. The molecule has 0 radical (unpaired) electrons. The van der Waals surface area contributed by atoms with E-state index in [1.165, 1.54) is 0 Å². The van der Waals surface area contributed by atoms with Crippen molar-refractivity contribution in [3.63, 3.8) is 0 Å². The lowest BCUT2D eigenvalue weighted by atomic mass is 10.1. The number of nitriles is 1. The van der Waals surface area contributed by atoms with Crippen LogP contribution in [0.25, 0.3) is 0 Å². The fourth-order valence-corrected chi connectivity index (χ4v) is 2.81. The van der Waals surface area contributed by atoms with E-state index >= 15 is 0 Å². The van der Waals surface area contributed by atoms with E-state index in [9.17, 15) is 4.79 Å². The van der Waals surface area contributed by atoms with E-state index in [4.69, 9.17) is 5.26 Å². The lowest BCUT2D eigenvalue weighted by molar-refractivity contribution is 0.234. The van der Waals surface area contributed by atoms with Crippen LogP contribution in [0.3, 0.4) is 0 Å². The fourth-order valence-electron chi connectivity index (χ4n) is 2.81. The van der Waals surface area contributed by atoms with Gasteiger partial charge >= 0.3 is 6.03 Å². The van der Waals surface area contributed by atoms with Crippen molar-refractivity contribution in [2.45, 2.75) is 25.4 Å². The summed E-state index contributed by atoms with van der Waals surface area (Å²) in [6, 6.07) is 9.49. The zero-order chi connectivity index (χ0) is 17.5. The molecule has 0 saturated carbocycles. The highest BCUT2D eigenvalue weighted by Gasteiger charge is 2.21. The van der Waals surface area contributed by atoms with Gasteiger partial charge in [0.2, 0.25) is 0 Å². The van der Waals surface area contributed by atoms with Gasteiger partial charge in [0.15, 0.2) is 0 Å². The van der Waals surface area contributed by atoms with Crippen molar-refractivity contribution >= 4 is 11.8 Å². The second kappa shape index (κ2) is 8.11. The van der Waals surface area contributed by atoms with Crippen LogP contribution >= 0.6 is 0 Å². The zero-order valence-corrected chi connectivity index (χ0v) is 13.9. The van der Waals surface area contributed by atoms with Crippen LogP contribution in [0, 0.1) is 11.3 Å². The molecule has 7 heteroatoms. The number of nitrogens with zero attached hydrogens (tertiary/aromatic N) is 4. The molecule has 1 aliphatic rings. The summed E-state index contributed by atoms with van der Waals surface area (Å²) in [5.41, 5.74) is 1.58.